The van der Waals surface area contributed by atoms with Crippen LogP contribution in [0.1, 0.15) is 5.56 Å². The van der Waals surface area contributed by atoms with E-state index >= 15 is 0 Å². The number of nitrogens with zero attached hydrogens (tertiary/aromatic N) is 5. The minimum absolute atomic E-state index is 0.249. The number of rotatable bonds is 6. The highest BCUT2D eigenvalue weighted by molar-refractivity contribution is 5.68. The molecule has 0 saturated carbocycles. The number of ether oxygens (including phenoxy) is 1. The summed E-state index contributed by atoms with van der Waals surface area (Å²) in [5.41, 5.74) is 9.87. The molecule has 148 valence electrons. The monoisotopic (exact) mass is 396 g/mol. The summed E-state index contributed by atoms with van der Waals surface area (Å²) in [4.78, 5) is 12.3. The fourth-order valence-corrected chi connectivity index (χ4v) is 3.06. The van der Waals surface area contributed by atoms with E-state index in [1.165, 1.54) is 0 Å². The van der Waals surface area contributed by atoms with Gasteiger partial charge in [0.25, 0.3) is 5.82 Å². The predicted octanol–water partition coefficient (Wildman–Crippen LogP) is 4.39. The molecule has 0 aliphatic carbocycles. The van der Waals surface area contributed by atoms with Gasteiger partial charge in [0.05, 0.1) is 17.0 Å². The molecule has 2 N–H and O–H groups in total. The van der Waals surface area contributed by atoms with Gasteiger partial charge in [-0.15, -0.1) is 0 Å². The van der Waals surface area contributed by atoms with E-state index in [2.05, 4.69) is 19.9 Å². The number of pyridine rings is 2. The van der Waals surface area contributed by atoms with Crippen LogP contribution in [0, 0.1) is 6.57 Å². The quantitative estimate of drug-likeness (QED) is 0.489. The van der Waals surface area contributed by atoms with E-state index in [0.717, 1.165) is 23.2 Å². The Morgan fingerprint density at radius 3 is 2.60 bits per heavy atom. The summed E-state index contributed by atoms with van der Waals surface area (Å²) in [5, 5.41) is 4.53. The molecular weight excluding hydrogens is 376 g/mol. The highest BCUT2D eigenvalue weighted by atomic mass is 16.5. The average Bonchev–Trinajstić information content (AvgIpc) is 3.15. The first-order valence-electron chi connectivity index (χ1n) is 9.49. The number of aryl methyl sites for hydroxylation is 1. The molecule has 3 heterocycles. The van der Waals surface area contributed by atoms with Crippen LogP contribution in [0.3, 0.4) is 0 Å². The molecule has 0 aliphatic rings. The summed E-state index contributed by atoms with van der Waals surface area (Å²) in [6, 6.07) is 19.1. The predicted molar refractivity (Wildman–Crippen MR) is 115 cm³/mol. The second-order valence-corrected chi connectivity index (χ2v) is 6.68. The summed E-state index contributed by atoms with van der Waals surface area (Å²) in [5.74, 6) is 1.08. The van der Waals surface area contributed by atoms with Crippen LogP contribution in [-0.2, 0) is 13.5 Å². The summed E-state index contributed by atoms with van der Waals surface area (Å²) in [6.07, 6.45) is 2.56. The van der Waals surface area contributed by atoms with Gasteiger partial charge in [0.15, 0.2) is 0 Å². The van der Waals surface area contributed by atoms with Gasteiger partial charge in [0, 0.05) is 24.9 Å². The second-order valence-electron chi connectivity index (χ2n) is 6.68. The molecule has 4 aromatic rings. The van der Waals surface area contributed by atoms with Crippen LogP contribution in [0.5, 0.6) is 11.8 Å². The zero-order valence-corrected chi connectivity index (χ0v) is 16.5. The first-order chi connectivity index (χ1) is 14.7. The Bertz CT molecular complexity index is 1190. The van der Waals surface area contributed by atoms with Crippen molar-refractivity contribution < 1.29 is 4.74 Å². The SMILES string of the molecule is [C-]#[N+]c1ccc(-c2ccc(CCN)cn2)c(Oc2cc(-c3ccccc3)nn2C)n1. The summed E-state index contributed by atoms with van der Waals surface area (Å²) >= 11 is 0. The van der Waals surface area contributed by atoms with Crippen LogP contribution in [0.2, 0.25) is 0 Å². The van der Waals surface area contributed by atoms with Crippen molar-refractivity contribution in [1.82, 2.24) is 19.7 Å². The zero-order chi connectivity index (χ0) is 20.9. The number of hydrogen-bond acceptors (Lipinski definition) is 5. The van der Waals surface area contributed by atoms with Crippen LogP contribution in [0.4, 0.5) is 5.82 Å². The fraction of sp³-hybridized carbons (Fsp3) is 0.130. The largest absolute Gasteiger partial charge is 0.402 e. The second kappa shape index (κ2) is 8.55. The molecule has 0 amide bonds. The molecule has 30 heavy (non-hydrogen) atoms. The Hall–Kier alpha value is -4.02. The van der Waals surface area contributed by atoms with Crippen molar-refractivity contribution in [3.63, 3.8) is 0 Å². The van der Waals surface area contributed by atoms with E-state index in [-0.39, 0.29) is 5.82 Å². The van der Waals surface area contributed by atoms with E-state index in [1.807, 2.05) is 48.5 Å². The smallest absolute Gasteiger partial charge is 0.325 e. The van der Waals surface area contributed by atoms with Gasteiger partial charge in [-0.05, 0) is 30.7 Å². The van der Waals surface area contributed by atoms with Crippen molar-refractivity contribution in [2.24, 2.45) is 12.8 Å². The maximum absolute atomic E-state index is 7.29. The van der Waals surface area contributed by atoms with E-state index in [9.17, 15) is 0 Å². The number of nitrogens with two attached hydrogens (primary N) is 1. The topological polar surface area (TPSA) is 83.2 Å². The molecule has 7 nitrogen and oxygen atoms in total. The average molecular weight is 396 g/mol. The molecule has 4 rings (SSSR count). The Morgan fingerprint density at radius 1 is 1.07 bits per heavy atom. The van der Waals surface area contributed by atoms with Crippen molar-refractivity contribution in [3.05, 3.63) is 83.8 Å². The Morgan fingerprint density at radius 2 is 1.90 bits per heavy atom. The summed E-state index contributed by atoms with van der Waals surface area (Å²) in [6.45, 7) is 7.86. The minimum atomic E-state index is 0.249. The van der Waals surface area contributed by atoms with Crippen molar-refractivity contribution >= 4 is 5.82 Å². The first-order valence-corrected chi connectivity index (χ1v) is 9.49. The Kier molecular flexibility index (Phi) is 5.50. The van der Waals surface area contributed by atoms with E-state index in [1.54, 1.807) is 30.1 Å². The van der Waals surface area contributed by atoms with Gasteiger partial charge in [-0.25, -0.2) is 4.68 Å². The lowest BCUT2D eigenvalue weighted by atomic mass is 10.1. The number of aromatic nitrogens is 4. The van der Waals surface area contributed by atoms with Gasteiger partial charge in [-0.2, -0.15) is 5.10 Å². The van der Waals surface area contributed by atoms with Gasteiger partial charge in [0.2, 0.25) is 5.88 Å². The van der Waals surface area contributed by atoms with Crippen LogP contribution >= 0.6 is 0 Å². The maximum Gasteiger partial charge on any atom is 0.325 e. The minimum Gasteiger partial charge on any atom is -0.402 e. The molecule has 0 atom stereocenters. The lowest BCUT2D eigenvalue weighted by Crippen LogP contribution is -2.03. The first kappa shape index (κ1) is 19.3. The third-order valence-electron chi connectivity index (χ3n) is 4.60. The molecule has 0 aliphatic heterocycles. The Labute approximate surface area is 174 Å². The fourth-order valence-electron chi connectivity index (χ4n) is 3.06. The van der Waals surface area contributed by atoms with Crippen molar-refractivity contribution in [2.45, 2.75) is 6.42 Å². The summed E-state index contributed by atoms with van der Waals surface area (Å²) in [7, 11) is 1.81. The third-order valence-corrected chi connectivity index (χ3v) is 4.60. The zero-order valence-electron chi connectivity index (χ0n) is 16.5. The van der Waals surface area contributed by atoms with E-state index in [4.69, 9.17) is 17.0 Å². The normalized spacial score (nSPS) is 10.6. The van der Waals surface area contributed by atoms with Crippen molar-refractivity contribution in [3.8, 4) is 34.3 Å². The molecule has 0 saturated heterocycles. The van der Waals surface area contributed by atoms with Gasteiger partial charge < -0.3 is 15.3 Å². The highest BCUT2D eigenvalue weighted by Crippen LogP contribution is 2.34. The molecule has 3 aromatic heterocycles. The molecule has 7 heteroatoms. The van der Waals surface area contributed by atoms with Crippen LogP contribution < -0.4 is 10.5 Å². The van der Waals surface area contributed by atoms with E-state index < -0.39 is 0 Å². The number of hydrogen-bond donors (Lipinski definition) is 1. The lowest BCUT2D eigenvalue weighted by Gasteiger charge is -2.08. The molecule has 0 spiro atoms. The van der Waals surface area contributed by atoms with Gasteiger partial charge in [-0.3, -0.25) is 4.98 Å². The highest BCUT2D eigenvalue weighted by Gasteiger charge is 2.18. The van der Waals surface area contributed by atoms with Crippen LogP contribution in [0.25, 0.3) is 27.4 Å². The molecule has 1 aromatic carbocycles. The molecule has 0 bridgehead atoms. The maximum atomic E-state index is 7.29. The van der Waals surface area contributed by atoms with Crippen LogP contribution in [0.15, 0.2) is 66.9 Å². The third kappa shape index (κ3) is 4.04. The molecule has 0 unspecified atom stereocenters. The Balaban J connectivity index is 1.70. The van der Waals surface area contributed by atoms with Crippen molar-refractivity contribution in [2.75, 3.05) is 6.54 Å². The van der Waals surface area contributed by atoms with Crippen molar-refractivity contribution in [1.29, 1.82) is 0 Å². The van der Waals surface area contributed by atoms with E-state index in [0.29, 0.717) is 29.6 Å². The summed E-state index contributed by atoms with van der Waals surface area (Å²) < 4.78 is 7.75. The van der Waals surface area contributed by atoms with Gasteiger partial charge >= 0.3 is 5.88 Å². The molecular formula is C23H20N6O. The van der Waals surface area contributed by atoms with Crippen LogP contribution in [-0.4, -0.2) is 26.3 Å². The molecule has 0 fully saturated rings. The van der Waals surface area contributed by atoms with Gasteiger partial charge in [-0.1, -0.05) is 54.0 Å². The lowest BCUT2D eigenvalue weighted by molar-refractivity contribution is 0.418. The number of benzene rings is 1. The van der Waals surface area contributed by atoms with Gasteiger partial charge in [0.1, 0.15) is 0 Å². The molecule has 0 radical (unpaired) electrons. The standard InChI is InChI=1S/C23H20N6O/c1-25-21-11-9-18(19-10-8-16(12-13-24)15-26-19)23(27-21)30-22-14-20(28-29(22)2)17-6-4-3-5-7-17/h3-11,14-15H,12-13,24H2,2H3.